The smallest absolute Gasteiger partial charge is 0.306 e. The van der Waals surface area contributed by atoms with Crippen molar-refractivity contribution in [2.24, 2.45) is 0 Å². The van der Waals surface area contributed by atoms with Crippen LogP contribution in [0.1, 0.15) is 329 Å². The molecule has 0 aromatic heterocycles. The zero-order chi connectivity index (χ0) is 50.0. The first-order chi connectivity index (χ1) is 34.0. The van der Waals surface area contributed by atoms with Gasteiger partial charge in [-0.25, -0.2) is 0 Å². The fourth-order valence-electron chi connectivity index (χ4n) is 9.00. The van der Waals surface area contributed by atoms with Gasteiger partial charge in [-0.1, -0.05) is 269 Å². The number of esters is 3. The van der Waals surface area contributed by atoms with E-state index in [1.54, 1.807) is 0 Å². The third-order valence-corrected chi connectivity index (χ3v) is 13.6. The molecular formula is C63H116O6. The van der Waals surface area contributed by atoms with Gasteiger partial charge >= 0.3 is 17.9 Å². The summed E-state index contributed by atoms with van der Waals surface area (Å²) in [7, 11) is 0. The highest BCUT2D eigenvalue weighted by Crippen LogP contribution is 2.17. The fourth-order valence-corrected chi connectivity index (χ4v) is 9.00. The molecule has 1 atom stereocenters. The van der Waals surface area contributed by atoms with Gasteiger partial charge in [-0.15, -0.1) is 0 Å². The van der Waals surface area contributed by atoms with Crippen molar-refractivity contribution in [3.8, 4) is 0 Å². The maximum atomic E-state index is 12.8. The highest BCUT2D eigenvalue weighted by molar-refractivity contribution is 5.71. The second kappa shape index (κ2) is 58.2. The molecule has 0 aliphatic rings. The van der Waals surface area contributed by atoms with Crippen molar-refractivity contribution in [1.29, 1.82) is 0 Å². The summed E-state index contributed by atoms with van der Waals surface area (Å²) in [4.78, 5) is 38.1. The van der Waals surface area contributed by atoms with Gasteiger partial charge in [-0.2, -0.15) is 0 Å². The molecule has 404 valence electrons. The van der Waals surface area contributed by atoms with Crippen LogP contribution >= 0.6 is 0 Å². The highest BCUT2D eigenvalue weighted by Gasteiger charge is 2.19. The molecule has 0 heterocycles. The van der Waals surface area contributed by atoms with Crippen molar-refractivity contribution >= 4 is 17.9 Å². The summed E-state index contributed by atoms with van der Waals surface area (Å²) in [6, 6.07) is 0. The minimum Gasteiger partial charge on any atom is -0.462 e. The number of ether oxygens (including phenoxy) is 3. The maximum absolute atomic E-state index is 12.8. The molecule has 0 amide bonds. The van der Waals surface area contributed by atoms with E-state index in [1.807, 2.05) is 0 Å². The maximum Gasteiger partial charge on any atom is 0.306 e. The minimum absolute atomic E-state index is 0.0710. The quantitative estimate of drug-likeness (QED) is 0.0261. The van der Waals surface area contributed by atoms with Crippen molar-refractivity contribution in [1.82, 2.24) is 0 Å². The normalized spacial score (nSPS) is 12.2. The largest absolute Gasteiger partial charge is 0.462 e. The predicted molar refractivity (Wildman–Crippen MR) is 298 cm³/mol. The van der Waals surface area contributed by atoms with Gasteiger partial charge in [-0.3, -0.25) is 14.4 Å². The molecule has 0 saturated carbocycles. The lowest BCUT2D eigenvalue weighted by molar-refractivity contribution is -0.167. The average molecular weight is 970 g/mol. The van der Waals surface area contributed by atoms with Gasteiger partial charge in [-0.05, 0) is 77.0 Å². The van der Waals surface area contributed by atoms with Crippen molar-refractivity contribution < 1.29 is 28.6 Å². The van der Waals surface area contributed by atoms with E-state index >= 15 is 0 Å². The third-order valence-electron chi connectivity index (χ3n) is 13.6. The van der Waals surface area contributed by atoms with Crippen LogP contribution in [0.15, 0.2) is 36.5 Å². The molecule has 0 aromatic rings. The lowest BCUT2D eigenvalue weighted by Gasteiger charge is -2.18. The topological polar surface area (TPSA) is 78.9 Å². The van der Waals surface area contributed by atoms with Crippen LogP contribution in [0.4, 0.5) is 0 Å². The summed E-state index contributed by atoms with van der Waals surface area (Å²) in [5.74, 6) is -0.862. The Morgan fingerprint density at radius 3 is 0.841 bits per heavy atom. The molecule has 0 saturated heterocycles. The van der Waals surface area contributed by atoms with E-state index in [-0.39, 0.29) is 31.1 Å². The van der Waals surface area contributed by atoms with Crippen LogP contribution in [-0.4, -0.2) is 37.2 Å². The summed E-state index contributed by atoms with van der Waals surface area (Å²) in [5, 5.41) is 0. The first-order valence-electron chi connectivity index (χ1n) is 30.5. The van der Waals surface area contributed by atoms with Crippen LogP contribution in [-0.2, 0) is 28.6 Å². The zero-order valence-corrected chi connectivity index (χ0v) is 46.3. The van der Waals surface area contributed by atoms with Crippen molar-refractivity contribution in [3.05, 3.63) is 36.5 Å². The number of unbranched alkanes of at least 4 members (excludes halogenated alkanes) is 39. The molecule has 0 fully saturated rings. The van der Waals surface area contributed by atoms with Crippen molar-refractivity contribution in [2.75, 3.05) is 13.2 Å². The van der Waals surface area contributed by atoms with E-state index in [0.29, 0.717) is 19.3 Å². The minimum atomic E-state index is -0.772. The van der Waals surface area contributed by atoms with E-state index in [0.717, 1.165) is 70.6 Å². The number of hydrogen-bond acceptors (Lipinski definition) is 6. The van der Waals surface area contributed by atoms with Crippen LogP contribution in [0.2, 0.25) is 0 Å². The molecule has 6 nitrogen and oxygen atoms in total. The van der Waals surface area contributed by atoms with Crippen LogP contribution < -0.4 is 0 Å². The molecule has 0 bridgehead atoms. The van der Waals surface area contributed by atoms with Gasteiger partial charge in [0.1, 0.15) is 13.2 Å². The summed E-state index contributed by atoms with van der Waals surface area (Å²) in [5.41, 5.74) is 0. The number of rotatable bonds is 56. The van der Waals surface area contributed by atoms with Crippen molar-refractivity contribution in [2.45, 2.75) is 335 Å². The number of carbonyl (C=O) groups excluding carboxylic acids is 3. The average Bonchev–Trinajstić information content (AvgIpc) is 3.35. The Morgan fingerprint density at radius 1 is 0.290 bits per heavy atom. The molecule has 6 heteroatoms. The van der Waals surface area contributed by atoms with E-state index in [9.17, 15) is 14.4 Å². The van der Waals surface area contributed by atoms with Crippen LogP contribution in [0, 0.1) is 0 Å². The number of allylic oxidation sites excluding steroid dienone is 6. The Kier molecular flexibility index (Phi) is 56.2. The molecule has 69 heavy (non-hydrogen) atoms. The molecule has 0 rings (SSSR count). The molecule has 0 N–H and O–H groups in total. The zero-order valence-electron chi connectivity index (χ0n) is 46.3. The second-order valence-electron chi connectivity index (χ2n) is 20.6. The highest BCUT2D eigenvalue weighted by atomic mass is 16.6. The first-order valence-corrected chi connectivity index (χ1v) is 30.5. The lowest BCUT2D eigenvalue weighted by atomic mass is 10.0. The third kappa shape index (κ3) is 56.4. The number of hydrogen-bond donors (Lipinski definition) is 0. The van der Waals surface area contributed by atoms with E-state index < -0.39 is 6.10 Å². The Balaban J connectivity index is 4.21. The Morgan fingerprint density at radius 2 is 0.522 bits per heavy atom. The Bertz CT molecular complexity index is 1160. The van der Waals surface area contributed by atoms with Gasteiger partial charge < -0.3 is 14.2 Å². The second-order valence-corrected chi connectivity index (χ2v) is 20.6. The van der Waals surface area contributed by atoms with Gasteiger partial charge in [0, 0.05) is 19.3 Å². The van der Waals surface area contributed by atoms with Crippen LogP contribution in [0.25, 0.3) is 0 Å². The molecule has 0 aromatic carbocycles. The fraction of sp³-hybridized carbons (Fsp3) is 0.857. The summed E-state index contributed by atoms with van der Waals surface area (Å²) >= 11 is 0. The summed E-state index contributed by atoms with van der Waals surface area (Å²) < 4.78 is 16.9. The van der Waals surface area contributed by atoms with Gasteiger partial charge in [0.05, 0.1) is 0 Å². The predicted octanol–water partition coefficient (Wildman–Crippen LogP) is 20.4. The lowest BCUT2D eigenvalue weighted by Crippen LogP contribution is -2.30. The van der Waals surface area contributed by atoms with Crippen molar-refractivity contribution in [3.63, 3.8) is 0 Å². The summed E-state index contributed by atoms with van der Waals surface area (Å²) in [6.45, 7) is 6.64. The van der Waals surface area contributed by atoms with Gasteiger partial charge in [0.25, 0.3) is 0 Å². The number of carbonyl (C=O) groups is 3. The monoisotopic (exact) mass is 969 g/mol. The SMILES string of the molecule is CCCCC/C=C\CCCCCCCC(=O)OCC(COC(=O)CCCCCCCCCCCCCCC/C=C\C/C=C\CCCCCCC)OC(=O)CCCCCCCCCCCCCCCC. The molecule has 0 spiro atoms. The van der Waals surface area contributed by atoms with E-state index in [4.69, 9.17) is 14.2 Å². The van der Waals surface area contributed by atoms with Gasteiger partial charge in [0.15, 0.2) is 6.10 Å². The summed E-state index contributed by atoms with van der Waals surface area (Å²) in [6.07, 6.45) is 70.0. The molecule has 0 aliphatic carbocycles. The van der Waals surface area contributed by atoms with E-state index in [2.05, 4.69) is 57.2 Å². The van der Waals surface area contributed by atoms with Crippen LogP contribution in [0.5, 0.6) is 0 Å². The first kappa shape index (κ1) is 66.6. The molecular weight excluding hydrogens is 853 g/mol. The molecule has 0 aliphatic heterocycles. The van der Waals surface area contributed by atoms with E-state index in [1.165, 1.54) is 218 Å². The van der Waals surface area contributed by atoms with Crippen LogP contribution in [0.3, 0.4) is 0 Å². The Labute approximate surface area is 429 Å². The standard InChI is InChI=1S/C63H116O6/c1-4-7-10-13-16-19-22-25-27-28-29-30-31-32-33-34-35-36-37-39-41-44-47-50-53-56-62(65)68-59-60(58-67-61(64)55-52-49-46-43-40-24-21-18-15-12-9-6-3)69-63(66)57-54-51-48-45-42-38-26-23-20-17-14-11-8-5-2/h18,21-22,25,28-29,60H,4-17,19-20,23-24,26-27,30-59H2,1-3H3/b21-18-,25-22-,29-28-. The Hall–Kier alpha value is -2.37. The van der Waals surface area contributed by atoms with Gasteiger partial charge in [0.2, 0.25) is 0 Å². The molecule has 0 radical (unpaired) electrons. The molecule has 1 unspecified atom stereocenters.